The number of rotatable bonds is 8. The third-order valence-electron chi connectivity index (χ3n) is 5.98. The van der Waals surface area contributed by atoms with Crippen molar-refractivity contribution in [2.75, 3.05) is 13.2 Å². The Balaban J connectivity index is 1.31. The van der Waals surface area contributed by atoms with Crippen LogP contribution < -0.4 is 5.32 Å². The van der Waals surface area contributed by atoms with Crippen LogP contribution in [0.3, 0.4) is 0 Å². The van der Waals surface area contributed by atoms with Gasteiger partial charge in [0, 0.05) is 16.9 Å². The molecule has 1 aliphatic rings. The van der Waals surface area contributed by atoms with Crippen LogP contribution >= 0.6 is 15.9 Å². The summed E-state index contributed by atoms with van der Waals surface area (Å²) < 4.78 is 6.03. The number of hydrogen-bond donors (Lipinski definition) is 4. The predicted molar refractivity (Wildman–Crippen MR) is 130 cm³/mol. The number of aromatic carboxylic acids is 1. The number of nitrogens with one attached hydrogen (secondary N) is 1. The summed E-state index contributed by atoms with van der Waals surface area (Å²) >= 11 is 3.24. The summed E-state index contributed by atoms with van der Waals surface area (Å²) in [5.74, 6) is -1.26. The van der Waals surface area contributed by atoms with E-state index in [9.17, 15) is 24.9 Å². The molecular formula is C26H24BrNO6. The minimum Gasteiger partial charge on any atom is -0.478 e. The Bertz CT molecular complexity index is 1170. The lowest BCUT2D eigenvalue weighted by molar-refractivity contribution is 0.0127. The number of fused-ring (bicyclic) bond motifs is 3. The number of hydrogen-bond acceptors (Lipinski definition) is 5. The summed E-state index contributed by atoms with van der Waals surface area (Å²) in [6, 6.07) is 20.4. The number of carboxylic acids is 1. The summed E-state index contributed by atoms with van der Waals surface area (Å²) in [6.45, 7) is 0.219. The largest absolute Gasteiger partial charge is 0.478 e. The van der Waals surface area contributed by atoms with Gasteiger partial charge >= 0.3 is 12.1 Å². The zero-order chi connectivity index (χ0) is 24.2. The molecule has 8 heteroatoms. The molecule has 0 aliphatic heterocycles. The first kappa shape index (κ1) is 23.9. The van der Waals surface area contributed by atoms with Crippen molar-refractivity contribution < 1.29 is 29.6 Å². The highest BCUT2D eigenvalue weighted by Gasteiger charge is 2.29. The molecular weight excluding hydrogens is 502 g/mol. The van der Waals surface area contributed by atoms with Crippen molar-refractivity contribution in [3.8, 4) is 11.1 Å². The zero-order valence-electron chi connectivity index (χ0n) is 18.1. The van der Waals surface area contributed by atoms with E-state index in [1.807, 2.05) is 36.4 Å². The Morgan fingerprint density at radius 3 is 2.21 bits per heavy atom. The summed E-state index contributed by atoms with van der Waals surface area (Å²) in [4.78, 5) is 23.7. The van der Waals surface area contributed by atoms with Gasteiger partial charge in [-0.05, 0) is 52.4 Å². The topological polar surface area (TPSA) is 116 Å². The summed E-state index contributed by atoms with van der Waals surface area (Å²) in [7, 11) is 0. The minimum absolute atomic E-state index is 0.0108. The maximum absolute atomic E-state index is 12.3. The zero-order valence-corrected chi connectivity index (χ0v) is 19.7. The first-order valence-electron chi connectivity index (χ1n) is 10.8. The van der Waals surface area contributed by atoms with Gasteiger partial charge in [-0.25, -0.2) is 9.59 Å². The van der Waals surface area contributed by atoms with Gasteiger partial charge in [-0.15, -0.1) is 0 Å². The number of alkyl carbamates (subject to hydrolysis) is 1. The van der Waals surface area contributed by atoms with E-state index in [1.54, 1.807) is 6.07 Å². The third kappa shape index (κ3) is 4.99. The fourth-order valence-corrected chi connectivity index (χ4v) is 4.69. The molecule has 2 atom stereocenters. The van der Waals surface area contributed by atoms with Crippen molar-refractivity contribution in [1.29, 1.82) is 0 Å². The fourth-order valence-electron chi connectivity index (χ4n) is 4.31. The average molecular weight is 526 g/mol. The molecule has 4 N–H and O–H groups in total. The van der Waals surface area contributed by atoms with E-state index >= 15 is 0 Å². The number of carbonyl (C=O) groups is 2. The summed E-state index contributed by atoms with van der Waals surface area (Å²) in [5.41, 5.74) is 4.49. The van der Waals surface area contributed by atoms with Crippen LogP contribution in [0.5, 0.6) is 0 Å². The fraction of sp³-hybridized carbons (Fsp3) is 0.231. The van der Waals surface area contributed by atoms with Gasteiger partial charge in [-0.3, -0.25) is 0 Å². The number of benzene rings is 3. The van der Waals surface area contributed by atoms with Crippen LogP contribution in [0.4, 0.5) is 4.79 Å². The molecule has 0 aromatic heterocycles. The van der Waals surface area contributed by atoms with E-state index in [0.717, 1.165) is 22.3 Å². The van der Waals surface area contributed by atoms with Crippen molar-refractivity contribution in [1.82, 2.24) is 5.32 Å². The number of ether oxygens (including phenoxy) is 1. The van der Waals surface area contributed by atoms with Gasteiger partial charge in [0.2, 0.25) is 0 Å². The molecule has 0 bridgehead atoms. The third-order valence-corrected chi connectivity index (χ3v) is 6.47. The molecule has 1 aliphatic carbocycles. The molecule has 0 saturated carbocycles. The molecule has 0 saturated heterocycles. The normalized spacial score (nSPS) is 14.1. The number of halogens is 1. The van der Waals surface area contributed by atoms with E-state index in [1.165, 1.54) is 12.1 Å². The van der Waals surface area contributed by atoms with E-state index in [-0.39, 0.29) is 36.6 Å². The number of carboxylic acid groups (broad SMARTS) is 1. The van der Waals surface area contributed by atoms with Gasteiger partial charge in [0.1, 0.15) is 12.7 Å². The van der Waals surface area contributed by atoms with Crippen LogP contribution in [0.1, 0.15) is 45.5 Å². The smallest absolute Gasteiger partial charge is 0.407 e. The summed E-state index contributed by atoms with van der Waals surface area (Å²) in [5, 5.41) is 32.7. The van der Waals surface area contributed by atoms with Gasteiger partial charge < -0.3 is 25.4 Å². The highest BCUT2D eigenvalue weighted by molar-refractivity contribution is 9.10. The van der Waals surface area contributed by atoms with Crippen LogP contribution in [0, 0.1) is 0 Å². The molecule has 4 rings (SSSR count). The molecule has 3 aromatic carbocycles. The second-order valence-electron chi connectivity index (χ2n) is 8.09. The maximum atomic E-state index is 12.3. The molecule has 34 heavy (non-hydrogen) atoms. The van der Waals surface area contributed by atoms with Gasteiger partial charge in [0.05, 0.1) is 11.7 Å². The number of aliphatic hydroxyl groups is 2. The second-order valence-corrected chi connectivity index (χ2v) is 9.01. The molecule has 0 spiro atoms. The van der Waals surface area contributed by atoms with Crippen LogP contribution in [0.15, 0.2) is 71.2 Å². The highest BCUT2D eigenvalue weighted by Crippen LogP contribution is 2.44. The van der Waals surface area contributed by atoms with Gasteiger partial charge in [-0.1, -0.05) is 64.5 Å². The number of aliphatic hydroxyl groups excluding tert-OH is 2. The van der Waals surface area contributed by atoms with Crippen molar-refractivity contribution in [2.45, 2.75) is 24.5 Å². The Morgan fingerprint density at radius 1 is 0.971 bits per heavy atom. The lowest BCUT2D eigenvalue weighted by Gasteiger charge is -2.20. The Kier molecular flexibility index (Phi) is 7.31. The SMILES string of the molecule is O=C(NCCC(O)C(O)c1cc(Br)ccc1C(=O)O)OCC1c2ccccc2-c2ccccc21. The molecule has 0 heterocycles. The quantitative estimate of drug-likeness (QED) is 0.344. The maximum Gasteiger partial charge on any atom is 0.407 e. The average Bonchev–Trinajstić information content (AvgIpc) is 3.15. The van der Waals surface area contributed by atoms with Gasteiger partial charge in [0.25, 0.3) is 0 Å². The van der Waals surface area contributed by atoms with E-state index < -0.39 is 24.3 Å². The Labute approximate surface area is 205 Å². The summed E-state index contributed by atoms with van der Waals surface area (Å²) in [6.07, 6.45) is -3.32. The van der Waals surface area contributed by atoms with Gasteiger partial charge in [-0.2, -0.15) is 0 Å². The molecule has 0 radical (unpaired) electrons. The highest BCUT2D eigenvalue weighted by atomic mass is 79.9. The standard InChI is InChI=1S/C26H24BrNO6/c27-15-9-10-20(25(31)32)21(13-15)24(30)23(29)11-12-28-26(33)34-14-22-18-7-3-1-5-16(18)17-6-2-4-8-19(17)22/h1-10,13,22-24,29-30H,11-12,14H2,(H,28,33)(H,31,32). The van der Waals surface area contributed by atoms with Crippen molar-refractivity contribution in [3.05, 3.63) is 93.5 Å². The molecule has 7 nitrogen and oxygen atoms in total. The molecule has 3 aromatic rings. The van der Waals surface area contributed by atoms with E-state index in [0.29, 0.717) is 4.47 Å². The Morgan fingerprint density at radius 2 is 1.59 bits per heavy atom. The van der Waals surface area contributed by atoms with Crippen LogP contribution in [-0.2, 0) is 4.74 Å². The lowest BCUT2D eigenvalue weighted by Crippen LogP contribution is -2.31. The van der Waals surface area contributed by atoms with Crippen LogP contribution in [0.25, 0.3) is 11.1 Å². The molecule has 2 unspecified atom stereocenters. The van der Waals surface area contributed by atoms with Gasteiger partial charge in [0.15, 0.2) is 0 Å². The van der Waals surface area contributed by atoms with E-state index in [2.05, 4.69) is 33.4 Å². The lowest BCUT2D eigenvalue weighted by atomic mass is 9.97. The van der Waals surface area contributed by atoms with Crippen molar-refractivity contribution in [2.24, 2.45) is 0 Å². The van der Waals surface area contributed by atoms with Crippen LogP contribution in [0.2, 0.25) is 0 Å². The monoisotopic (exact) mass is 525 g/mol. The first-order chi connectivity index (χ1) is 16.4. The van der Waals surface area contributed by atoms with Crippen molar-refractivity contribution in [3.63, 3.8) is 0 Å². The van der Waals surface area contributed by atoms with Crippen molar-refractivity contribution >= 4 is 28.0 Å². The minimum atomic E-state index is -1.42. The first-order valence-corrected chi connectivity index (χ1v) is 11.6. The number of amides is 1. The Hall–Kier alpha value is -3.20. The molecule has 0 fully saturated rings. The molecule has 176 valence electrons. The van der Waals surface area contributed by atoms with Crippen LogP contribution in [-0.4, -0.2) is 46.6 Å². The second kappa shape index (κ2) is 10.4. The predicted octanol–water partition coefficient (Wildman–Crippen LogP) is 4.47. The number of carbonyl (C=O) groups excluding carboxylic acids is 1. The molecule has 1 amide bonds. The van der Waals surface area contributed by atoms with E-state index in [4.69, 9.17) is 4.74 Å².